The van der Waals surface area contributed by atoms with Crippen molar-refractivity contribution in [3.63, 3.8) is 0 Å². The number of hydrogen-bond acceptors (Lipinski definition) is 3. The summed E-state index contributed by atoms with van der Waals surface area (Å²) in [7, 11) is 0. The molecule has 0 saturated carbocycles. The van der Waals surface area contributed by atoms with Crippen molar-refractivity contribution in [1.82, 2.24) is 5.32 Å². The van der Waals surface area contributed by atoms with E-state index in [0.717, 1.165) is 31.4 Å². The minimum Gasteiger partial charge on any atom is -0.381 e. The van der Waals surface area contributed by atoms with Gasteiger partial charge in [0.15, 0.2) is 5.96 Å². The van der Waals surface area contributed by atoms with Gasteiger partial charge in [0, 0.05) is 30.1 Å². The van der Waals surface area contributed by atoms with E-state index >= 15 is 0 Å². The average Bonchev–Trinajstić information content (AvgIpc) is 3.14. The number of nitrogens with zero attached hydrogens (tertiary/aromatic N) is 1. The molecule has 0 amide bonds. The molecule has 0 unspecified atom stereocenters. The van der Waals surface area contributed by atoms with Crippen molar-refractivity contribution in [1.29, 1.82) is 0 Å². The van der Waals surface area contributed by atoms with Gasteiger partial charge in [-0.25, -0.2) is 4.39 Å². The lowest BCUT2D eigenvalue weighted by molar-refractivity contribution is 0.0530. The number of nitrogens with one attached hydrogen (secondary N) is 1. The van der Waals surface area contributed by atoms with Crippen molar-refractivity contribution >= 4 is 41.3 Å². The maximum Gasteiger partial charge on any atom is 0.188 e. The standard InChI is InChI=1S/C19H24FN3OS.HI/c20-16-4-1-3-15(13-16)19(7-10-24-11-8-19)14-23-18(21)22-9-6-17-5-2-12-25-17;/h1-5,12-13H,6-11,14H2,(H3,21,22,23);1H. The molecule has 1 fully saturated rings. The van der Waals surface area contributed by atoms with Crippen LogP contribution >= 0.6 is 35.3 Å². The summed E-state index contributed by atoms with van der Waals surface area (Å²) in [5.74, 6) is 0.230. The zero-order valence-corrected chi connectivity index (χ0v) is 17.8. The third-order valence-corrected chi connectivity index (χ3v) is 5.63. The lowest BCUT2D eigenvalue weighted by atomic mass is 9.74. The minimum absolute atomic E-state index is 0. The molecule has 7 heteroatoms. The molecule has 2 aromatic rings. The number of ether oxygens (including phenoxy) is 1. The first-order valence-corrected chi connectivity index (χ1v) is 9.46. The molecule has 1 aromatic heterocycles. The maximum absolute atomic E-state index is 13.7. The fourth-order valence-corrected chi connectivity index (χ4v) is 3.89. The van der Waals surface area contributed by atoms with Gasteiger partial charge in [0.25, 0.3) is 0 Å². The molecule has 4 nitrogen and oxygen atoms in total. The highest BCUT2D eigenvalue weighted by Gasteiger charge is 2.34. The highest BCUT2D eigenvalue weighted by molar-refractivity contribution is 14.0. The van der Waals surface area contributed by atoms with Gasteiger partial charge in [0.05, 0.1) is 6.54 Å². The Balaban J connectivity index is 0.00000243. The Hall–Kier alpha value is -1.19. The van der Waals surface area contributed by atoms with Crippen LogP contribution in [0.1, 0.15) is 23.3 Å². The number of aliphatic imine (C=N–C) groups is 1. The summed E-state index contributed by atoms with van der Waals surface area (Å²) in [6, 6.07) is 11.0. The van der Waals surface area contributed by atoms with Crippen molar-refractivity contribution in [2.24, 2.45) is 10.7 Å². The number of hydrogen-bond donors (Lipinski definition) is 2. The van der Waals surface area contributed by atoms with E-state index in [1.807, 2.05) is 12.1 Å². The van der Waals surface area contributed by atoms with Gasteiger partial charge in [-0.05, 0) is 48.4 Å². The van der Waals surface area contributed by atoms with Gasteiger partial charge in [-0.1, -0.05) is 18.2 Å². The van der Waals surface area contributed by atoms with Crippen LogP contribution in [0, 0.1) is 5.82 Å². The quantitative estimate of drug-likeness (QED) is 0.370. The van der Waals surface area contributed by atoms with Crippen LogP contribution in [0.5, 0.6) is 0 Å². The predicted octanol–water partition coefficient (Wildman–Crippen LogP) is 3.70. The summed E-state index contributed by atoms with van der Waals surface area (Å²) in [5, 5.41) is 5.24. The van der Waals surface area contributed by atoms with Crippen LogP contribution in [0.25, 0.3) is 0 Å². The van der Waals surface area contributed by atoms with Crippen LogP contribution in [0.2, 0.25) is 0 Å². The van der Waals surface area contributed by atoms with E-state index in [-0.39, 0.29) is 35.2 Å². The lowest BCUT2D eigenvalue weighted by Crippen LogP contribution is -2.39. The van der Waals surface area contributed by atoms with Gasteiger partial charge >= 0.3 is 0 Å². The second kappa shape index (κ2) is 10.2. The topological polar surface area (TPSA) is 59.6 Å². The lowest BCUT2D eigenvalue weighted by Gasteiger charge is -2.36. The first-order chi connectivity index (χ1) is 12.2. The second-order valence-corrected chi connectivity index (χ2v) is 7.39. The Labute approximate surface area is 175 Å². The van der Waals surface area contributed by atoms with Gasteiger partial charge in [0.1, 0.15) is 5.82 Å². The fourth-order valence-electron chi connectivity index (χ4n) is 3.18. The van der Waals surface area contributed by atoms with Gasteiger partial charge in [-0.15, -0.1) is 35.3 Å². The number of guanidine groups is 1. The molecule has 3 rings (SSSR count). The highest BCUT2D eigenvalue weighted by Crippen LogP contribution is 2.35. The first kappa shape index (κ1) is 21.1. The summed E-state index contributed by atoms with van der Waals surface area (Å²) in [6.45, 7) is 2.62. The van der Waals surface area contributed by atoms with Crippen molar-refractivity contribution in [3.05, 3.63) is 58.0 Å². The molecule has 1 aromatic carbocycles. The molecule has 26 heavy (non-hydrogen) atoms. The average molecular weight is 489 g/mol. The Kier molecular flexibility index (Phi) is 8.30. The van der Waals surface area contributed by atoms with Gasteiger partial charge in [-0.3, -0.25) is 4.99 Å². The van der Waals surface area contributed by atoms with Crippen molar-refractivity contribution < 1.29 is 9.13 Å². The van der Waals surface area contributed by atoms with E-state index in [0.29, 0.717) is 25.7 Å². The molecule has 1 aliphatic heterocycles. The van der Waals surface area contributed by atoms with Crippen LogP contribution in [-0.2, 0) is 16.6 Å². The molecule has 0 atom stereocenters. The molecule has 142 valence electrons. The second-order valence-electron chi connectivity index (χ2n) is 6.36. The van der Waals surface area contributed by atoms with Crippen LogP contribution in [-0.4, -0.2) is 32.3 Å². The monoisotopic (exact) mass is 489 g/mol. The number of nitrogens with two attached hydrogens (primary N) is 1. The molecule has 1 aliphatic rings. The molecule has 1 saturated heterocycles. The number of benzene rings is 1. The summed E-state index contributed by atoms with van der Waals surface area (Å²) in [5.41, 5.74) is 6.80. The fraction of sp³-hybridized carbons (Fsp3) is 0.421. The van der Waals surface area contributed by atoms with Crippen molar-refractivity contribution in [2.45, 2.75) is 24.7 Å². The van der Waals surface area contributed by atoms with Gasteiger partial charge < -0.3 is 15.8 Å². The van der Waals surface area contributed by atoms with Crippen LogP contribution in [0.3, 0.4) is 0 Å². The summed E-state index contributed by atoms with van der Waals surface area (Å²) in [6.07, 6.45) is 2.57. The molecule has 0 radical (unpaired) electrons. The number of thiophene rings is 1. The van der Waals surface area contributed by atoms with E-state index in [1.54, 1.807) is 23.5 Å². The Morgan fingerprint density at radius 1 is 1.27 bits per heavy atom. The molecular formula is C19H25FIN3OS. The predicted molar refractivity (Wildman–Crippen MR) is 116 cm³/mol. The number of halogens is 2. The summed E-state index contributed by atoms with van der Waals surface area (Å²) < 4.78 is 19.2. The van der Waals surface area contributed by atoms with Gasteiger partial charge in [-0.2, -0.15) is 0 Å². The third kappa shape index (κ3) is 5.65. The van der Waals surface area contributed by atoms with Gasteiger partial charge in [0.2, 0.25) is 0 Å². The smallest absolute Gasteiger partial charge is 0.188 e. The summed E-state index contributed by atoms with van der Waals surface area (Å²) >= 11 is 1.74. The SMILES string of the molecule is I.NC(=NCC1(c2cccc(F)c2)CCOCC1)NCCc1cccs1. The third-order valence-electron chi connectivity index (χ3n) is 4.70. The molecule has 0 aliphatic carbocycles. The minimum atomic E-state index is -0.214. The normalized spacial score (nSPS) is 16.7. The zero-order valence-electron chi connectivity index (χ0n) is 14.6. The van der Waals surface area contributed by atoms with E-state index in [1.165, 1.54) is 10.9 Å². The van der Waals surface area contributed by atoms with E-state index in [4.69, 9.17) is 10.5 Å². The van der Waals surface area contributed by atoms with E-state index in [9.17, 15) is 4.39 Å². The Morgan fingerprint density at radius 2 is 2.08 bits per heavy atom. The Bertz CT molecular complexity index is 703. The maximum atomic E-state index is 13.7. The molecule has 0 spiro atoms. The zero-order chi connectivity index (χ0) is 17.5. The van der Waals surface area contributed by atoms with Crippen molar-refractivity contribution in [3.8, 4) is 0 Å². The first-order valence-electron chi connectivity index (χ1n) is 8.58. The van der Waals surface area contributed by atoms with Crippen LogP contribution in [0.4, 0.5) is 4.39 Å². The van der Waals surface area contributed by atoms with Crippen molar-refractivity contribution in [2.75, 3.05) is 26.3 Å². The molecule has 2 heterocycles. The largest absolute Gasteiger partial charge is 0.381 e. The van der Waals surface area contributed by atoms with E-state index < -0.39 is 0 Å². The van der Waals surface area contributed by atoms with E-state index in [2.05, 4.69) is 21.8 Å². The molecule has 3 N–H and O–H groups in total. The van der Waals surface area contributed by atoms with Crippen LogP contribution in [0.15, 0.2) is 46.8 Å². The molecule has 0 bridgehead atoms. The number of rotatable bonds is 6. The van der Waals surface area contributed by atoms with Crippen LogP contribution < -0.4 is 11.1 Å². The summed E-state index contributed by atoms with van der Waals surface area (Å²) in [4.78, 5) is 5.87. The highest BCUT2D eigenvalue weighted by atomic mass is 127. The molecular weight excluding hydrogens is 464 g/mol. The Morgan fingerprint density at radius 3 is 2.77 bits per heavy atom.